The first kappa shape index (κ1) is 21.2. The van der Waals surface area contributed by atoms with E-state index in [1.165, 1.54) is 6.20 Å². The summed E-state index contributed by atoms with van der Waals surface area (Å²) in [5, 5.41) is 5.29. The molecule has 2 aromatic rings. The van der Waals surface area contributed by atoms with Gasteiger partial charge in [0.15, 0.2) is 6.61 Å². The molecule has 1 aromatic carbocycles. The van der Waals surface area contributed by atoms with Gasteiger partial charge in [-0.05, 0) is 37.3 Å². The van der Waals surface area contributed by atoms with Crippen molar-refractivity contribution in [1.29, 1.82) is 0 Å². The molecule has 0 atom stereocenters. The molecule has 0 bridgehead atoms. The van der Waals surface area contributed by atoms with Crippen molar-refractivity contribution in [3.63, 3.8) is 0 Å². The number of hydrogen-bond donors (Lipinski definition) is 2. The van der Waals surface area contributed by atoms with E-state index in [-0.39, 0.29) is 18.5 Å². The molecule has 0 spiro atoms. The molecule has 2 N–H and O–H groups in total. The zero-order valence-corrected chi connectivity index (χ0v) is 17.3. The number of anilines is 2. The average Bonchev–Trinajstić information content (AvgIpc) is 2.79. The van der Waals surface area contributed by atoms with Crippen LogP contribution in [0, 0.1) is 0 Å². The number of urea groups is 1. The molecule has 0 aliphatic carbocycles. The summed E-state index contributed by atoms with van der Waals surface area (Å²) in [6.45, 7) is 5.10. The Labute approximate surface area is 176 Å². The molecule has 1 fully saturated rings. The predicted octanol–water partition coefficient (Wildman–Crippen LogP) is 1.96. The minimum Gasteiger partial charge on any atom is -0.497 e. The minimum atomic E-state index is -0.295. The number of rotatable bonds is 7. The molecule has 3 rings (SSSR count). The lowest BCUT2D eigenvalue weighted by Gasteiger charge is -2.36. The van der Waals surface area contributed by atoms with Gasteiger partial charge in [0.2, 0.25) is 5.88 Å². The highest BCUT2D eigenvalue weighted by Crippen LogP contribution is 2.20. The smallest absolute Gasteiger partial charge is 0.319 e. The summed E-state index contributed by atoms with van der Waals surface area (Å²) in [5.74, 6) is 1.09. The van der Waals surface area contributed by atoms with Crippen LogP contribution in [-0.4, -0.2) is 68.3 Å². The SMILES string of the molecule is CCNC(=O)Nc1ccc(OCC(=O)N2CCN(c3ccc(OC)cc3)CC2)nc1. The fourth-order valence-electron chi connectivity index (χ4n) is 3.11. The highest BCUT2D eigenvalue weighted by Gasteiger charge is 2.21. The van der Waals surface area contributed by atoms with Crippen LogP contribution < -0.4 is 25.0 Å². The lowest BCUT2D eigenvalue weighted by atomic mass is 10.2. The van der Waals surface area contributed by atoms with Crippen LogP contribution in [0.4, 0.5) is 16.2 Å². The van der Waals surface area contributed by atoms with Crippen molar-refractivity contribution in [2.45, 2.75) is 6.92 Å². The van der Waals surface area contributed by atoms with Crippen LogP contribution in [0.1, 0.15) is 6.92 Å². The van der Waals surface area contributed by atoms with Gasteiger partial charge in [-0.1, -0.05) is 0 Å². The Morgan fingerprint density at radius 1 is 1.07 bits per heavy atom. The van der Waals surface area contributed by atoms with Gasteiger partial charge in [-0.3, -0.25) is 4.79 Å². The number of methoxy groups -OCH3 is 1. The Morgan fingerprint density at radius 2 is 1.80 bits per heavy atom. The van der Waals surface area contributed by atoms with Gasteiger partial charge >= 0.3 is 6.03 Å². The third-order valence-corrected chi connectivity index (χ3v) is 4.75. The zero-order valence-electron chi connectivity index (χ0n) is 17.3. The second kappa shape index (κ2) is 10.3. The van der Waals surface area contributed by atoms with E-state index in [1.54, 1.807) is 24.1 Å². The summed E-state index contributed by atoms with van der Waals surface area (Å²) in [6.07, 6.45) is 1.49. The Kier molecular flexibility index (Phi) is 7.31. The monoisotopic (exact) mass is 413 g/mol. The van der Waals surface area contributed by atoms with E-state index in [4.69, 9.17) is 9.47 Å². The van der Waals surface area contributed by atoms with Gasteiger partial charge in [-0.2, -0.15) is 0 Å². The number of aromatic nitrogens is 1. The van der Waals surface area contributed by atoms with Crippen molar-refractivity contribution in [3.05, 3.63) is 42.6 Å². The molecule has 9 heteroatoms. The molecular formula is C21H27N5O4. The molecule has 2 heterocycles. The first-order valence-electron chi connectivity index (χ1n) is 9.89. The first-order chi connectivity index (χ1) is 14.6. The van der Waals surface area contributed by atoms with Gasteiger partial charge in [0, 0.05) is 44.5 Å². The summed E-state index contributed by atoms with van der Waals surface area (Å²) in [7, 11) is 1.65. The molecule has 30 heavy (non-hydrogen) atoms. The number of carbonyl (C=O) groups excluding carboxylic acids is 2. The van der Waals surface area contributed by atoms with Crippen molar-refractivity contribution < 1.29 is 19.1 Å². The van der Waals surface area contributed by atoms with E-state index >= 15 is 0 Å². The molecule has 0 saturated carbocycles. The second-order valence-corrected chi connectivity index (χ2v) is 6.72. The third-order valence-electron chi connectivity index (χ3n) is 4.75. The maximum atomic E-state index is 12.5. The van der Waals surface area contributed by atoms with Crippen LogP contribution in [0.5, 0.6) is 11.6 Å². The topological polar surface area (TPSA) is 96.0 Å². The van der Waals surface area contributed by atoms with Gasteiger partial charge < -0.3 is 29.9 Å². The molecule has 0 radical (unpaired) electrons. The van der Waals surface area contributed by atoms with Crippen molar-refractivity contribution in [1.82, 2.24) is 15.2 Å². The molecule has 0 unspecified atom stereocenters. The van der Waals surface area contributed by atoms with Crippen LogP contribution in [-0.2, 0) is 4.79 Å². The highest BCUT2D eigenvalue weighted by molar-refractivity contribution is 5.88. The number of ether oxygens (including phenoxy) is 2. The average molecular weight is 413 g/mol. The molecule has 3 amide bonds. The van der Waals surface area contributed by atoms with Gasteiger partial charge in [0.1, 0.15) is 5.75 Å². The quantitative estimate of drug-likeness (QED) is 0.720. The molecule has 9 nitrogen and oxygen atoms in total. The Balaban J connectivity index is 1.43. The molecule has 1 aliphatic rings. The fraction of sp³-hybridized carbons (Fsp3) is 0.381. The van der Waals surface area contributed by atoms with E-state index in [0.717, 1.165) is 24.5 Å². The molecular weight excluding hydrogens is 386 g/mol. The third kappa shape index (κ3) is 5.76. The number of nitrogens with zero attached hydrogens (tertiary/aromatic N) is 3. The highest BCUT2D eigenvalue weighted by atomic mass is 16.5. The van der Waals surface area contributed by atoms with Crippen LogP contribution in [0.3, 0.4) is 0 Å². The van der Waals surface area contributed by atoms with Crippen LogP contribution in [0.15, 0.2) is 42.6 Å². The molecule has 1 aliphatic heterocycles. The van der Waals surface area contributed by atoms with Gasteiger partial charge in [-0.25, -0.2) is 9.78 Å². The summed E-state index contributed by atoms with van der Waals surface area (Å²) >= 11 is 0. The first-order valence-corrected chi connectivity index (χ1v) is 9.89. The maximum absolute atomic E-state index is 12.5. The normalized spacial score (nSPS) is 13.5. The Bertz CT molecular complexity index is 833. The van der Waals surface area contributed by atoms with Gasteiger partial charge in [0.25, 0.3) is 5.91 Å². The number of piperazine rings is 1. The van der Waals surface area contributed by atoms with E-state index in [2.05, 4.69) is 20.5 Å². The largest absolute Gasteiger partial charge is 0.497 e. The number of nitrogens with one attached hydrogen (secondary N) is 2. The summed E-state index contributed by atoms with van der Waals surface area (Å²) in [6, 6.07) is 10.9. The van der Waals surface area contributed by atoms with E-state index in [9.17, 15) is 9.59 Å². The summed E-state index contributed by atoms with van der Waals surface area (Å²) < 4.78 is 10.7. The number of hydrogen-bond acceptors (Lipinski definition) is 6. The van der Waals surface area contributed by atoms with E-state index in [1.807, 2.05) is 31.2 Å². The Morgan fingerprint density at radius 3 is 2.40 bits per heavy atom. The molecule has 1 saturated heterocycles. The zero-order chi connectivity index (χ0) is 21.3. The van der Waals surface area contributed by atoms with Crippen LogP contribution in [0.25, 0.3) is 0 Å². The van der Waals surface area contributed by atoms with Crippen molar-refractivity contribution in [2.75, 3.05) is 56.7 Å². The number of pyridine rings is 1. The Hall–Kier alpha value is -3.49. The molecule has 160 valence electrons. The molecule has 1 aromatic heterocycles. The number of amides is 3. The van der Waals surface area contributed by atoms with Crippen LogP contribution >= 0.6 is 0 Å². The lowest BCUT2D eigenvalue weighted by Crippen LogP contribution is -2.50. The van der Waals surface area contributed by atoms with E-state index < -0.39 is 0 Å². The van der Waals surface area contributed by atoms with Crippen molar-refractivity contribution in [3.8, 4) is 11.6 Å². The number of carbonyl (C=O) groups is 2. The van der Waals surface area contributed by atoms with Gasteiger partial charge in [-0.15, -0.1) is 0 Å². The standard InChI is InChI=1S/C21H27N5O4/c1-3-22-21(28)24-16-4-9-19(23-14-16)30-15-20(27)26-12-10-25(11-13-26)17-5-7-18(29-2)8-6-17/h4-9,14H,3,10-13,15H2,1-2H3,(H2,22,24,28). The lowest BCUT2D eigenvalue weighted by molar-refractivity contribution is -0.133. The summed E-state index contributed by atoms with van der Waals surface area (Å²) in [4.78, 5) is 32.1. The van der Waals surface area contributed by atoms with Crippen molar-refractivity contribution in [2.24, 2.45) is 0 Å². The predicted molar refractivity (Wildman–Crippen MR) is 114 cm³/mol. The van der Waals surface area contributed by atoms with Crippen molar-refractivity contribution >= 4 is 23.3 Å². The van der Waals surface area contributed by atoms with E-state index in [0.29, 0.717) is 31.2 Å². The second-order valence-electron chi connectivity index (χ2n) is 6.72. The number of benzene rings is 1. The van der Waals surface area contributed by atoms with Gasteiger partial charge in [0.05, 0.1) is 19.0 Å². The maximum Gasteiger partial charge on any atom is 0.319 e. The minimum absolute atomic E-state index is 0.0708. The summed E-state index contributed by atoms with van der Waals surface area (Å²) in [5.41, 5.74) is 1.67. The van der Waals surface area contributed by atoms with Crippen LogP contribution in [0.2, 0.25) is 0 Å². The fourth-order valence-corrected chi connectivity index (χ4v) is 3.11.